The number of carbonyl (C=O) groups excluding carboxylic acids is 1. The summed E-state index contributed by atoms with van der Waals surface area (Å²) in [6.07, 6.45) is 0.753. The number of amides is 2. The summed E-state index contributed by atoms with van der Waals surface area (Å²) in [5, 5.41) is 5.73. The molecule has 0 unspecified atom stereocenters. The number of hydrogen-bond donors (Lipinski definition) is 2. The van der Waals surface area contributed by atoms with E-state index in [1.165, 1.54) is 0 Å². The van der Waals surface area contributed by atoms with Gasteiger partial charge in [0.15, 0.2) is 0 Å². The Bertz CT molecular complexity index is 681. The van der Waals surface area contributed by atoms with Crippen molar-refractivity contribution in [3.63, 3.8) is 0 Å². The second-order valence-corrected chi connectivity index (χ2v) is 6.33. The zero-order valence-corrected chi connectivity index (χ0v) is 15.2. The summed E-state index contributed by atoms with van der Waals surface area (Å²) in [6.45, 7) is 4.59. The molecule has 2 N–H and O–H groups in total. The molecule has 122 valence electrons. The smallest absolute Gasteiger partial charge is 0.319 e. The number of hydrogen-bond acceptors (Lipinski definition) is 2. The van der Waals surface area contributed by atoms with Gasteiger partial charge in [-0.2, -0.15) is 0 Å². The van der Waals surface area contributed by atoms with Crippen molar-refractivity contribution in [3.8, 4) is 5.75 Å². The third-order valence-electron chi connectivity index (χ3n) is 3.39. The summed E-state index contributed by atoms with van der Waals surface area (Å²) in [7, 11) is 1.64. The zero-order chi connectivity index (χ0) is 16.8. The van der Waals surface area contributed by atoms with Gasteiger partial charge in [-0.1, -0.05) is 12.1 Å². The second-order valence-electron chi connectivity index (χ2n) is 5.48. The number of benzene rings is 2. The third kappa shape index (κ3) is 5.28. The van der Waals surface area contributed by atoms with Crippen molar-refractivity contribution in [3.05, 3.63) is 57.6 Å². The lowest BCUT2D eigenvalue weighted by Gasteiger charge is -2.10. The first-order valence-corrected chi connectivity index (χ1v) is 8.23. The van der Waals surface area contributed by atoms with E-state index in [4.69, 9.17) is 4.74 Å². The Balaban J connectivity index is 1.84. The van der Waals surface area contributed by atoms with Crippen LogP contribution in [0.2, 0.25) is 0 Å². The van der Waals surface area contributed by atoms with E-state index in [1.54, 1.807) is 7.11 Å². The van der Waals surface area contributed by atoms with E-state index in [9.17, 15) is 4.79 Å². The number of nitrogens with one attached hydrogen (secondary N) is 2. The van der Waals surface area contributed by atoms with E-state index in [-0.39, 0.29) is 6.03 Å². The van der Waals surface area contributed by atoms with E-state index in [0.717, 1.165) is 39.0 Å². The molecule has 0 heterocycles. The first-order chi connectivity index (χ1) is 11.0. The van der Waals surface area contributed by atoms with Crippen LogP contribution in [-0.2, 0) is 6.42 Å². The van der Waals surface area contributed by atoms with Gasteiger partial charge in [-0.15, -0.1) is 0 Å². The van der Waals surface area contributed by atoms with Crippen molar-refractivity contribution >= 4 is 27.6 Å². The molecule has 0 aromatic heterocycles. The SMILES string of the molecule is COc1ccc(CCNC(=O)Nc2cc(C)cc(C)c2)cc1Br. The molecule has 4 nitrogen and oxygen atoms in total. The topological polar surface area (TPSA) is 50.4 Å². The number of aryl methyl sites for hydroxylation is 2. The number of urea groups is 1. The maximum atomic E-state index is 11.9. The average Bonchev–Trinajstić information content (AvgIpc) is 2.46. The lowest BCUT2D eigenvalue weighted by atomic mass is 10.1. The molecule has 0 bridgehead atoms. The minimum atomic E-state index is -0.192. The quantitative estimate of drug-likeness (QED) is 0.810. The van der Waals surface area contributed by atoms with Crippen LogP contribution in [0.3, 0.4) is 0 Å². The van der Waals surface area contributed by atoms with Gasteiger partial charge in [-0.05, 0) is 77.2 Å². The predicted molar refractivity (Wildman–Crippen MR) is 97.3 cm³/mol. The van der Waals surface area contributed by atoms with E-state index in [2.05, 4.69) is 32.6 Å². The molecule has 23 heavy (non-hydrogen) atoms. The van der Waals surface area contributed by atoms with Gasteiger partial charge in [-0.25, -0.2) is 4.79 Å². The lowest BCUT2D eigenvalue weighted by Crippen LogP contribution is -2.30. The Morgan fingerprint density at radius 3 is 2.43 bits per heavy atom. The number of halogens is 1. The molecule has 0 saturated heterocycles. The van der Waals surface area contributed by atoms with Gasteiger partial charge in [0.25, 0.3) is 0 Å². The van der Waals surface area contributed by atoms with Crippen LogP contribution >= 0.6 is 15.9 Å². The number of methoxy groups -OCH3 is 1. The van der Waals surface area contributed by atoms with Crippen LogP contribution < -0.4 is 15.4 Å². The van der Waals surface area contributed by atoms with Gasteiger partial charge in [0.05, 0.1) is 11.6 Å². The molecule has 2 rings (SSSR count). The Morgan fingerprint density at radius 1 is 1.13 bits per heavy atom. The molecule has 0 radical (unpaired) electrons. The van der Waals surface area contributed by atoms with Crippen LogP contribution in [0.1, 0.15) is 16.7 Å². The maximum Gasteiger partial charge on any atom is 0.319 e. The fourth-order valence-electron chi connectivity index (χ4n) is 2.41. The summed E-state index contributed by atoms with van der Waals surface area (Å²) in [4.78, 5) is 11.9. The van der Waals surface area contributed by atoms with Crippen molar-refractivity contribution in [1.29, 1.82) is 0 Å². The number of carbonyl (C=O) groups is 1. The fourth-order valence-corrected chi connectivity index (χ4v) is 3.00. The number of anilines is 1. The summed E-state index contributed by atoms with van der Waals surface area (Å²) < 4.78 is 6.12. The van der Waals surface area contributed by atoms with Crippen molar-refractivity contribution in [2.45, 2.75) is 20.3 Å². The van der Waals surface area contributed by atoms with E-state index < -0.39 is 0 Å². The van der Waals surface area contributed by atoms with Crippen LogP contribution in [0.4, 0.5) is 10.5 Å². The van der Waals surface area contributed by atoms with Gasteiger partial charge in [0.1, 0.15) is 5.75 Å². The molecule has 0 aliphatic rings. The highest BCUT2D eigenvalue weighted by molar-refractivity contribution is 9.10. The third-order valence-corrected chi connectivity index (χ3v) is 4.01. The summed E-state index contributed by atoms with van der Waals surface area (Å²) >= 11 is 3.46. The molecule has 0 atom stereocenters. The Morgan fingerprint density at radius 2 is 1.83 bits per heavy atom. The van der Waals surface area contributed by atoms with Crippen LogP contribution in [0.25, 0.3) is 0 Å². The highest BCUT2D eigenvalue weighted by Gasteiger charge is 2.04. The molecular weight excluding hydrogens is 356 g/mol. The second kappa shape index (κ2) is 8.02. The molecule has 0 aliphatic carbocycles. The molecule has 0 aliphatic heterocycles. The predicted octanol–water partition coefficient (Wildman–Crippen LogP) is 4.44. The van der Waals surface area contributed by atoms with Crippen LogP contribution in [0.15, 0.2) is 40.9 Å². The first kappa shape index (κ1) is 17.3. The van der Waals surface area contributed by atoms with Crippen molar-refractivity contribution < 1.29 is 9.53 Å². The molecule has 2 amide bonds. The Labute approximate surface area is 145 Å². The number of rotatable bonds is 5. The normalized spacial score (nSPS) is 10.3. The minimum absolute atomic E-state index is 0.192. The van der Waals surface area contributed by atoms with E-state index in [1.807, 2.05) is 44.2 Å². The van der Waals surface area contributed by atoms with Gasteiger partial charge >= 0.3 is 6.03 Å². The highest BCUT2D eigenvalue weighted by Crippen LogP contribution is 2.25. The van der Waals surface area contributed by atoms with Crippen molar-refractivity contribution in [1.82, 2.24) is 5.32 Å². The molecular formula is C18H21BrN2O2. The molecule has 2 aromatic carbocycles. The van der Waals surface area contributed by atoms with Crippen LogP contribution in [0.5, 0.6) is 5.75 Å². The van der Waals surface area contributed by atoms with E-state index >= 15 is 0 Å². The molecule has 0 spiro atoms. The summed E-state index contributed by atoms with van der Waals surface area (Å²) in [5.41, 5.74) is 4.20. The monoisotopic (exact) mass is 376 g/mol. The van der Waals surface area contributed by atoms with Crippen molar-refractivity contribution in [2.75, 3.05) is 19.0 Å². The van der Waals surface area contributed by atoms with Gasteiger partial charge < -0.3 is 15.4 Å². The fraction of sp³-hybridized carbons (Fsp3) is 0.278. The largest absolute Gasteiger partial charge is 0.496 e. The van der Waals surface area contributed by atoms with Crippen LogP contribution in [0, 0.1) is 13.8 Å². The lowest BCUT2D eigenvalue weighted by molar-refractivity contribution is 0.252. The average molecular weight is 377 g/mol. The molecule has 5 heteroatoms. The first-order valence-electron chi connectivity index (χ1n) is 7.43. The summed E-state index contributed by atoms with van der Waals surface area (Å²) in [6, 6.07) is 11.7. The van der Waals surface area contributed by atoms with Gasteiger partial charge in [-0.3, -0.25) is 0 Å². The Hall–Kier alpha value is -2.01. The zero-order valence-electron chi connectivity index (χ0n) is 13.6. The molecule has 2 aromatic rings. The van der Waals surface area contributed by atoms with Gasteiger partial charge in [0.2, 0.25) is 0 Å². The standard InChI is InChI=1S/C18H21BrN2O2/c1-12-8-13(2)10-15(9-12)21-18(22)20-7-6-14-4-5-17(23-3)16(19)11-14/h4-5,8-11H,6-7H2,1-3H3,(H2,20,21,22). The van der Waals surface area contributed by atoms with Crippen molar-refractivity contribution in [2.24, 2.45) is 0 Å². The van der Waals surface area contributed by atoms with Gasteiger partial charge in [0, 0.05) is 12.2 Å². The minimum Gasteiger partial charge on any atom is -0.496 e. The van der Waals surface area contributed by atoms with E-state index in [0.29, 0.717) is 6.54 Å². The highest BCUT2D eigenvalue weighted by atomic mass is 79.9. The summed E-state index contributed by atoms with van der Waals surface area (Å²) in [5.74, 6) is 0.800. The maximum absolute atomic E-state index is 11.9. The Kier molecular flexibility index (Phi) is 6.04. The molecule has 0 fully saturated rings. The van der Waals surface area contributed by atoms with Crippen LogP contribution in [-0.4, -0.2) is 19.7 Å². The molecule has 0 saturated carbocycles. The number of ether oxygens (including phenoxy) is 1.